The van der Waals surface area contributed by atoms with E-state index in [4.69, 9.17) is 4.74 Å². The molecule has 1 aliphatic carbocycles. The van der Waals surface area contributed by atoms with Crippen molar-refractivity contribution in [2.75, 3.05) is 6.61 Å². The van der Waals surface area contributed by atoms with Gasteiger partial charge in [0.15, 0.2) is 6.61 Å². The first-order chi connectivity index (χ1) is 13.5. The van der Waals surface area contributed by atoms with Gasteiger partial charge in [0.25, 0.3) is 11.7 Å². The fraction of sp³-hybridized carbons (Fsp3) is 0.556. The van der Waals surface area contributed by atoms with Crippen molar-refractivity contribution in [1.29, 1.82) is 0 Å². The van der Waals surface area contributed by atoms with Crippen LogP contribution in [0.25, 0.3) is 5.78 Å². The lowest BCUT2D eigenvalue weighted by molar-refractivity contribution is -0.123. The number of amides is 3. The number of nitrogens with one attached hydrogen (secondary N) is 2. The van der Waals surface area contributed by atoms with E-state index in [1.807, 2.05) is 6.92 Å². The minimum atomic E-state index is -0.710. The molecule has 28 heavy (non-hydrogen) atoms. The first-order valence-corrected chi connectivity index (χ1v) is 9.44. The van der Waals surface area contributed by atoms with Crippen LogP contribution in [0.5, 0.6) is 0 Å². The van der Waals surface area contributed by atoms with Crippen LogP contribution in [-0.4, -0.2) is 50.1 Å². The molecule has 2 heterocycles. The number of ether oxygens (including phenoxy) is 1. The SMILES string of the molecule is CCc1c(C(=O)OCC(=O)NC(=O)NC2CCCCC2C)cnc2ncnn12. The number of carbonyl (C=O) groups is 3. The highest BCUT2D eigenvalue weighted by Crippen LogP contribution is 2.23. The molecule has 0 spiro atoms. The molecule has 10 heteroatoms. The van der Waals surface area contributed by atoms with Gasteiger partial charge in [-0.05, 0) is 25.2 Å². The summed E-state index contributed by atoms with van der Waals surface area (Å²) in [5.74, 6) is -0.654. The van der Waals surface area contributed by atoms with Crippen LogP contribution < -0.4 is 10.6 Å². The van der Waals surface area contributed by atoms with Crippen LogP contribution in [0.4, 0.5) is 4.79 Å². The maximum atomic E-state index is 12.3. The van der Waals surface area contributed by atoms with E-state index < -0.39 is 24.5 Å². The first kappa shape index (κ1) is 19.7. The van der Waals surface area contributed by atoms with Crippen molar-refractivity contribution in [2.24, 2.45) is 5.92 Å². The number of carbonyl (C=O) groups excluding carboxylic acids is 3. The lowest BCUT2D eigenvalue weighted by Gasteiger charge is -2.29. The summed E-state index contributed by atoms with van der Waals surface area (Å²) in [5, 5.41) is 9.05. The number of esters is 1. The van der Waals surface area contributed by atoms with Gasteiger partial charge in [-0.15, -0.1) is 0 Å². The van der Waals surface area contributed by atoms with Crippen LogP contribution in [-0.2, 0) is 16.0 Å². The maximum absolute atomic E-state index is 12.3. The Kier molecular flexibility index (Phi) is 6.17. The topological polar surface area (TPSA) is 128 Å². The Labute approximate surface area is 162 Å². The molecule has 0 bridgehead atoms. The molecule has 3 amide bonds. The molecule has 1 aliphatic rings. The third-order valence-corrected chi connectivity index (χ3v) is 4.98. The number of urea groups is 1. The van der Waals surface area contributed by atoms with Crippen LogP contribution in [0.2, 0.25) is 0 Å². The van der Waals surface area contributed by atoms with Crippen LogP contribution in [0.3, 0.4) is 0 Å². The molecule has 3 rings (SSSR count). The van der Waals surface area contributed by atoms with E-state index in [-0.39, 0.29) is 11.6 Å². The summed E-state index contributed by atoms with van der Waals surface area (Å²) in [6, 6.07) is -0.517. The van der Waals surface area contributed by atoms with E-state index in [2.05, 4.69) is 32.6 Å². The number of nitrogens with zero attached hydrogens (tertiary/aromatic N) is 4. The zero-order valence-electron chi connectivity index (χ0n) is 16.0. The number of imide groups is 1. The minimum Gasteiger partial charge on any atom is -0.452 e. The van der Waals surface area contributed by atoms with Gasteiger partial charge in [-0.1, -0.05) is 26.7 Å². The van der Waals surface area contributed by atoms with Gasteiger partial charge in [-0.3, -0.25) is 10.1 Å². The smallest absolute Gasteiger partial charge is 0.342 e. The van der Waals surface area contributed by atoms with Crippen molar-refractivity contribution in [1.82, 2.24) is 30.2 Å². The minimum absolute atomic E-state index is 0.0525. The molecule has 1 saturated carbocycles. The van der Waals surface area contributed by atoms with Crippen LogP contribution in [0, 0.1) is 5.92 Å². The molecule has 0 aliphatic heterocycles. The molecule has 150 valence electrons. The van der Waals surface area contributed by atoms with Crippen LogP contribution in [0.1, 0.15) is 55.6 Å². The number of rotatable bonds is 5. The van der Waals surface area contributed by atoms with Gasteiger partial charge >= 0.3 is 12.0 Å². The third kappa shape index (κ3) is 4.44. The summed E-state index contributed by atoms with van der Waals surface area (Å²) < 4.78 is 6.49. The van der Waals surface area contributed by atoms with Gasteiger partial charge in [0.05, 0.1) is 11.3 Å². The Bertz CT molecular complexity index is 880. The highest BCUT2D eigenvalue weighted by molar-refractivity contribution is 5.97. The number of hydrogen-bond acceptors (Lipinski definition) is 7. The molecule has 2 atom stereocenters. The Morgan fingerprint density at radius 1 is 1.25 bits per heavy atom. The molecule has 0 radical (unpaired) electrons. The number of fused-ring (bicyclic) bond motifs is 1. The highest BCUT2D eigenvalue weighted by atomic mass is 16.5. The monoisotopic (exact) mass is 388 g/mol. The Morgan fingerprint density at radius 2 is 2.04 bits per heavy atom. The quantitative estimate of drug-likeness (QED) is 0.738. The second-order valence-corrected chi connectivity index (χ2v) is 6.91. The third-order valence-electron chi connectivity index (χ3n) is 4.98. The zero-order valence-corrected chi connectivity index (χ0v) is 16.0. The predicted octanol–water partition coefficient (Wildman–Crippen LogP) is 1.25. The number of hydrogen-bond donors (Lipinski definition) is 2. The summed E-state index contributed by atoms with van der Waals surface area (Å²) in [6.45, 7) is 3.38. The van der Waals surface area contributed by atoms with Gasteiger partial charge in [0.1, 0.15) is 6.33 Å². The molecule has 0 saturated heterocycles. The molecule has 2 aromatic heterocycles. The van der Waals surface area contributed by atoms with E-state index in [0.29, 0.717) is 23.8 Å². The summed E-state index contributed by atoms with van der Waals surface area (Å²) in [7, 11) is 0. The lowest BCUT2D eigenvalue weighted by atomic mass is 9.86. The van der Waals surface area contributed by atoms with E-state index in [9.17, 15) is 14.4 Å². The van der Waals surface area contributed by atoms with Gasteiger partial charge in [0, 0.05) is 12.2 Å². The van der Waals surface area contributed by atoms with Crippen LogP contribution in [0.15, 0.2) is 12.5 Å². The van der Waals surface area contributed by atoms with Gasteiger partial charge in [0.2, 0.25) is 0 Å². The van der Waals surface area contributed by atoms with Gasteiger partial charge in [-0.25, -0.2) is 19.1 Å². The second kappa shape index (κ2) is 8.77. The Hall–Kier alpha value is -3.04. The largest absolute Gasteiger partial charge is 0.452 e. The van der Waals surface area contributed by atoms with Gasteiger partial charge < -0.3 is 10.1 Å². The second-order valence-electron chi connectivity index (χ2n) is 6.91. The summed E-state index contributed by atoms with van der Waals surface area (Å²) in [4.78, 5) is 44.3. The Balaban J connectivity index is 1.53. The normalized spacial score (nSPS) is 19.2. The number of aryl methyl sites for hydroxylation is 1. The van der Waals surface area contributed by atoms with E-state index in [1.165, 1.54) is 17.0 Å². The first-order valence-electron chi connectivity index (χ1n) is 9.44. The fourth-order valence-corrected chi connectivity index (χ4v) is 3.44. The highest BCUT2D eigenvalue weighted by Gasteiger charge is 2.24. The molecule has 10 nitrogen and oxygen atoms in total. The molecular formula is C18H24N6O4. The Morgan fingerprint density at radius 3 is 2.79 bits per heavy atom. The summed E-state index contributed by atoms with van der Waals surface area (Å²) in [5.41, 5.74) is 0.783. The number of aromatic nitrogens is 4. The molecule has 2 N–H and O–H groups in total. The van der Waals surface area contributed by atoms with Crippen molar-refractivity contribution in [2.45, 2.75) is 52.0 Å². The maximum Gasteiger partial charge on any atom is 0.342 e. The fourth-order valence-electron chi connectivity index (χ4n) is 3.44. The molecule has 0 aromatic carbocycles. The van der Waals surface area contributed by atoms with Gasteiger partial charge in [-0.2, -0.15) is 10.1 Å². The molecule has 2 unspecified atom stereocenters. The standard InChI is InChI=1S/C18H24N6O4/c1-3-14-12(8-19-17-20-10-21-24(14)17)16(26)28-9-15(25)23-18(27)22-13-7-5-4-6-11(13)2/h8,10-11,13H,3-7,9H2,1-2H3,(H2,22,23,25,27). The lowest BCUT2D eigenvalue weighted by Crippen LogP contribution is -2.48. The molecule has 1 fully saturated rings. The van der Waals surface area contributed by atoms with Crippen molar-refractivity contribution in [3.05, 3.63) is 23.8 Å². The van der Waals surface area contributed by atoms with E-state index in [0.717, 1.165) is 25.7 Å². The zero-order chi connectivity index (χ0) is 20.1. The van der Waals surface area contributed by atoms with Crippen molar-refractivity contribution in [3.63, 3.8) is 0 Å². The van der Waals surface area contributed by atoms with Crippen molar-refractivity contribution < 1.29 is 19.1 Å². The molecular weight excluding hydrogens is 364 g/mol. The van der Waals surface area contributed by atoms with E-state index >= 15 is 0 Å². The average molecular weight is 388 g/mol. The predicted molar refractivity (Wildman–Crippen MR) is 98.5 cm³/mol. The average Bonchev–Trinajstić information content (AvgIpc) is 3.16. The van der Waals surface area contributed by atoms with Crippen molar-refractivity contribution in [3.8, 4) is 0 Å². The van der Waals surface area contributed by atoms with E-state index in [1.54, 1.807) is 0 Å². The summed E-state index contributed by atoms with van der Waals surface area (Å²) in [6.07, 6.45) is 7.36. The summed E-state index contributed by atoms with van der Waals surface area (Å²) >= 11 is 0. The molecule has 2 aromatic rings. The van der Waals surface area contributed by atoms with Crippen LogP contribution >= 0.6 is 0 Å². The van der Waals surface area contributed by atoms with Crippen molar-refractivity contribution >= 4 is 23.7 Å².